The number of ether oxygens (including phenoxy) is 1. The molecule has 114 valence electrons. The second-order valence-electron chi connectivity index (χ2n) is 4.54. The molecule has 0 aliphatic carbocycles. The van der Waals surface area contributed by atoms with Gasteiger partial charge in [0.05, 0.1) is 6.61 Å². The molecule has 2 heterocycles. The highest BCUT2D eigenvalue weighted by Gasteiger charge is 2.21. The highest BCUT2D eigenvalue weighted by atomic mass is 127. The van der Waals surface area contributed by atoms with Crippen molar-refractivity contribution in [2.45, 2.75) is 19.8 Å². The Hall–Kier alpha value is -0.480. The Balaban J connectivity index is 2.55. The number of carbonyl (C=O) groups is 1. The third-order valence-corrected chi connectivity index (χ3v) is 5.39. The van der Waals surface area contributed by atoms with Gasteiger partial charge >= 0.3 is 5.97 Å². The molecular weight excluding hydrogens is 471 g/mol. The van der Waals surface area contributed by atoms with E-state index >= 15 is 0 Å². The summed E-state index contributed by atoms with van der Waals surface area (Å²) in [6.45, 7) is 2.42. The molecule has 2 rings (SSSR count). The minimum Gasteiger partial charge on any atom is -0.461 e. The van der Waals surface area contributed by atoms with Gasteiger partial charge in [-0.3, -0.25) is 8.77 Å². The molecule has 2 aromatic heterocycles. The summed E-state index contributed by atoms with van der Waals surface area (Å²) in [5.74, 6) is -0.405. The average molecular weight is 485 g/mol. The van der Waals surface area contributed by atoms with E-state index in [0.717, 1.165) is 17.3 Å². The van der Waals surface area contributed by atoms with Crippen molar-refractivity contribution in [1.82, 2.24) is 8.54 Å². The number of aryl methyl sites for hydroxylation is 1. The first-order chi connectivity index (χ1) is 10.0. The van der Waals surface area contributed by atoms with Crippen molar-refractivity contribution in [3.8, 4) is 0 Å². The van der Waals surface area contributed by atoms with E-state index in [0.29, 0.717) is 23.2 Å². The topological polar surface area (TPSA) is 53.2 Å². The normalized spacial score (nSPS) is 11.0. The molecule has 0 amide bonds. The molecule has 0 aliphatic heterocycles. The minimum absolute atomic E-state index is 0.148. The standard InChI is InChI=1S/C13H14BrIN2O3S/c1-3-4-5-20-13(19)10-6-8-9(14)7-16(2)12(18)11(8)17(10)21-15/h6-7H,3-5H2,1-2H3. The van der Waals surface area contributed by atoms with Crippen LogP contribution in [-0.2, 0) is 11.8 Å². The predicted molar refractivity (Wildman–Crippen MR) is 97.1 cm³/mol. The molecule has 21 heavy (non-hydrogen) atoms. The highest BCUT2D eigenvalue weighted by molar-refractivity contribution is 14.2. The van der Waals surface area contributed by atoms with Crippen molar-refractivity contribution in [2.75, 3.05) is 6.61 Å². The van der Waals surface area contributed by atoms with Crippen molar-refractivity contribution < 1.29 is 9.53 Å². The molecule has 2 aromatic rings. The van der Waals surface area contributed by atoms with Crippen LogP contribution in [0.2, 0.25) is 0 Å². The molecule has 5 nitrogen and oxygen atoms in total. The molecule has 0 radical (unpaired) electrons. The number of unbranched alkanes of at least 4 members (excludes halogenated alkanes) is 1. The molecule has 0 fully saturated rings. The average Bonchev–Trinajstić information content (AvgIpc) is 2.85. The minimum atomic E-state index is -0.405. The summed E-state index contributed by atoms with van der Waals surface area (Å²) in [5, 5.41) is 0.713. The molecule has 0 aliphatic rings. The molecule has 0 bridgehead atoms. The number of fused-ring (bicyclic) bond motifs is 1. The van der Waals surface area contributed by atoms with Gasteiger partial charge in [-0.1, -0.05) is 13.3 Å². The number of aromatic nitrogens is 2. The van der Waals surface area contributed by atoms with Gasteiger partial charge in [0.2, 0.25) is 0 Å². The van der Waals surface area contributed by atoms with E-state index in [4.69, 9.17) is 4.74 Å². The first-order valence-electron chi connectivity index (χ1n) is 6.38. The van der Waals surface area contributed by atoms with Gasteiger partial charge in [-0.2, -0.15) is 0 Å². The third kappa shape index (κ3) is 3.31. The van der Waals surface area contributed by atoms with E-state index in [9.17, 15) is 9.59 Å². The maximum Gasteiger partial charge on any atom is 0.355 e. The largest absolute Gasteiger partial charge is 0.461 e. The number of hydrogen-bond donors (Lipinski definition) is 0. The predicted octanol–water partition coefficient (Wildman–Crippen LogP) is 3.91. The van der Waals surface area contributed by atoms with Gasteiger partial charge in [-0.15, -0.1) is 0 Å². The van der Waals surface area contributed by atoms with Crippen LogP contribution in [0.1, 0.15) is 30.3 Å². The number of nitrogens with zero attached hydrogens (tertiary/aromatic N) is 2. The summed E-state index contributed by atoms with van der Waals surface area (Å²) in [5.41, 5.74) is 0.711. The lowest BCUT2D eigenvalue weighted by atomic mass is 10.3. The van der Waals surface area contributed by atoms with E-state index in [-0.39, 0.29) is 5.56 Å². The van der Waals surface area contributed by atoms with E-state index in [1.54, 1.807) is 23.3 Å². The SMILES string of the molecule is CCCCOC(=O)c1cc2c(Br)cn(C)c(=O)c2n1SI. The van der Waals surface area contributed by atoms with E-state index in [1.165, 1.54) is 13.7 Å². The van der Waals surface area contributed by atoms with Gasteiger partial charge in [0.15, 0.2) is 0 Å². The number of pyridine rings is 1. The van der Waals surface area contributed by atoms with Gasteiger partial charge in [0, 0.05) is 53.4 Å². The van der Waals surface area contributed by atoms with Crippen LogP contribution in [0.15, 0.2) is 21.5 Å². The van der Waals surface area contributed by atoms with Crippen LogP contribution in [0.5, 0.6) is 0 Å². The zero-order valence-corrected chi connectivity index (χ0v) is 16.1. The van der Waals surface area contributed by atoms with Crippen molar-refractivity contribution in [3.05, 3.63) is 32.8 Å². The lowest BCUT2D eigenvalue weighted by Gasteiger charge is -2.06. The fraction of sp³-hybridized carbons (Fsp3) is 0.385. The quantitative estimate of drug-likeness (QED) is 0.367. The van der Waals surface area contributed by atoms with Crippen molar-refractivity contribution >= 4 is 63.1 Å². The van der Waals surface area contributed by atoms with Crippen molar-refractivity contribution in [3.63, 3.8) is 0 Å². The molecule has 0 N–H and O–H groups in total. The van der Waals surface area contributed by atoms with Crippen molar-refractivity contribution in [2.24, 2.45) is 7.05 Å². The molecule has 0 spiro atoms. The Kier molecular flexibility index (Phi) is 5.78. The van der Waals surface area contributed by atoms with Gasteiger partial charge < -0.3 is 9.30 Å². The summed E-state index contributed by atoms with van der Waals surface area (Å²) >= 11 is 5.49. The summed E-state index contributed by atoms with van der Waals surface area (Å²) < 4.78 is 9.13. The first kappa shape index (κ1) is 16.9. The zero-order valence-electron chi connectivity index (χ0n) is 11.6. The molecule has 0 aromatic carbocycles. The van der Waals surface area contributed by atoms with Gasteiger partial charge in [-0.25, -0.2) is 4.79 Å². The third-order valence-electron chi connectivity index (χ3n) is 3.05. The number of rotatable bonds is 5. The van der Waals surface area contributed by atoms with Gasteiger partial charge in [-0.05, 0) is 28.4 Å². The molecular formula is C13H14BrIN2O3S. The summed E-state index contributed by atoms with van der Waals surface area (Å²) in [4.78, 5) is 24.5. The van der Waals surface area contributed by atoms with Crippen molar-refractivity contribution in [1.29, 1.82) is 0 Å². The molecule has 0 unspecified atom stereocenters. The Morgan fingerprint density at radius 2 is 2.24 bits per heavy atom. The van der Waals surface area contributed by atoms with Gasteiger partial charge in [0.25, 0.3) is 5.56 Å². The molecule has 8 heteroatoms. The summed E-state index contributed by atoms with van der Waals surface area (Å²) in [6, 6.07) is 1.70. The molecule has 0 saturated heterocycles. The molecule has 0 atom stereocenters. The Labute approximate surface area is 146 Å². The molecule has 0 saturated carbocycles. The van der Waals surface area contributed by atoms with Crippen LogP contribution >= 0.6 is 46.3 Å². The smallest absolute Gasteiger partial charge is 0.355 e. The zero-order chi connectivity index (χ0) is 15.6. The maximum atomic E-state index is 12.3. The second kappa shape index (κ2) is 7.19. The van der Waals surface area contributed by atoms with E-state index in [2.05, 4.69) is 37.1 Å². The number of carbonyl (C=O) groups excluding carboxylic acids is 1. The fourth-order valence-electron chi connectivity index (χ4n) is 1.94. The van der Waals surface area contributed by atoms with Crippen LogP contribution < -0.4 is 5.56 Å². The Bertz CT molecular complexity index is 741. The number of esters is 1. The number of hydrogen-bond acceptors (Lipinski definition) is 4. The Morgan fingerprint density at radius 3 is 2.86 bits per heavy atom. The van der Waals surface area contributed by atoms with Gasteiger partial charge in [0.1, 0.15) is 11.2 Å². The monoisotopic (exact) mass is 484 g/mol. The van der Waals surface area contributed by atoms with Crippen LogP contribution in [0.3, 0.4) is 0 Å². The lowest BCUT2D eigenvalue weighted by molar-refractivity contribution is 0.0492. The fourth-order valence-corrected chi connectivity index (χ4v) is 4.22. The van der Waals surface area contributed by atoms with Crippen LogP contribution in [0, 0.1) is 0 Å². The Morgan fingerprint density at radius 1 is 1.52 bits per heavy atom. The van der Waals surface area contributed by atoms with E-state index < -0.39 is 5.97 Å². The van der Waals surface area contributed by atoms with E-state index in [1.807, 2.05) is 6.92 Å². The second-order valence-corrected chi connectivity index (χ2v) is 7.08. The summed E-state index contributed by atoms with van der Waals surface area (Å²) in [6.07, 6.45) is 3.48. The highest BCUT2D eigenvalue weighted by Crippen LogP contribution is 2.31. The first-order valence-corrected chi connectivity index (χ1v) is 10.5. The van der Waals surface area contributed by atoms with Crippen LogP contribution in [-0.4, -0.2) is 21.1 Å². The lowest BCUT2D eigenvalue weighted by Crippen LogP contribution is -2.18. The number of halogens is 2. The van der Waals surface area contributed by atoms with Crippen LogP contribution in [0.4, 0.5) is 0 Å². The van der Waals surface area contributed by atoms with Crippen LogP contribution in [0.25, 0.3) is 10.9 Å². The summed E-state index contributed by atoms with van der Waals surface area (Å²) in [7, 11) is 2.96. The maximum absolute atomic E-state index is 12.3.